The molecule has 2 fully saturated rings. The standard InChI is InChI=1S/C19H28N2O2/c1-23-14-19(10-2-3-11-19)21-18(22)16-8-6-15(7-9-16)17-5-4-12-20-13-17/h6-9,17,20H,2-5,10-14H2,1H3,(H,21,22)/t17-/m0/s1. The Labute approximate surface area is 139 Å². The Hall–Kier alpha value is -1.39. The molecule has 2 aliphatic rings. The van der Waals surface area contributed by atoms with Crippen molar-refractivity contribution >= 4 is 5.91 Å². The largest absolute Gasteiger partial charge is 0.382 e. The fourth-order valence-corrected chi connectivity index (χ4v) is 3.99. The van der Waals surface area contributed by atoms with Gasteiger partial charge in [0.25, 0.3) is 5.91 Å². The molecule has 1 heterocycles. The fourth-order valence-electron chi connectivity index (χ4n) is 3.99. The van der Waals surface area contributed by atoms with Crippen LogP contribution in [-0.2, 0) is 4.74 Å². The summed E-state index contributed by atoms with van der Waals surface area (Å²) < 4.78 is 5.34. The summed E-state index contributed by atoms with van der Waals surface area (Å²) in [5.41, 5.74) is 1.92. The summed E-state index contributed by atoms with van der Waals surface area (Å²) in [6.45, 7) is 2.77. The van der Waals surface area contributed by atoms with Crippen molar-refractivity contribution < 1.29 is 9.53 Å². The molecule has 1 aliphatic heterocycles. The van der Waals surface area contributed by atoms with Crippen LogP contribution in [0.1, 0.15) is 60.4 Å². The lowest BCUT2D eigenvalue weighted by Gasteiger charge is -2.29. The highest BCUT2D eigenvalue weighted by Gasteiger charge is 2.35. The van der Waals surface area contributed by atoms with Crippen LogP contribution in [0.4, 0.5) is 0 Å². The van der Waals surface area contributed by atoms with Gasteiger partial charge in [-0.1, -0.05) is 25.0 Å². The van der Waals surface area contributed by atoms with Gasteiger partial charge in [-0.05, 0) is 55.8 Å². The molecule has 0 bridgehead atoms. The second-order valence-electron chi connectivity index (χ2n) is 7.04. The number of piperidine rings is 1. The van der Waals surface area contributed by atoms with E-state index in [1.165, 1.54) is 18.4 Å². The molecule has 0 spiro atoms. The Balaban J connectivity index is 1.65. The molecular formula is C19H28N2O2. The van der Waals surface area contributed by atoms with E-state index in [4.69, 9.17) is 4.74 Å². The van der Waals surface area contributed by atoms with E-state index < -0.39 is 0 Å². The average Bonchev–Trinajstić information content (AvgIpc) is 3.04. The quantitative estimate of drug-likeness (QED) is 0.878. The third-order valence-corrected chi connectivity index (χ3v) is 5.30. The van der Waals surface area contributed by atoms with Crippen LogP contribution in [0.3, 0.4) is 0 Å². The number of ether oxygens (including phenoxy) is 1. The first-order valence-electron chi connectivity index (χ1n) is 8.85. The van der Waals surface area contributed by atoms with Gasteiger partial charge in [0.05, 0.1) is 12.1 Å². The van der Waals surface area contributed by atoms with E-state index in [0.29, 0.717) is 12.5 Å². The molecule has 1 amide bonds. The molecule has 1 aliphatic carbocycles. The third kappa shape index (κ3) is 3.93. The molecule has 126 valence electrons. The number of methoxy groups -OCH3 is 1. The molecule has 3 rings (SSSR count). The lowest BCUT2D eigenvalue weighted by Crippen LogP contribution is -2.49. The van der Waals surface area contributed by atoms with Gasteiger partial charge in [-0.3, -0.25) is 4.79 Å². The maximum Gasteiger partial charge on any atom is 0.251 e. The van der Waals surface area contributed by atoms with E-state index in [0.717, 1.165) is 44.3 Å². The van der Waals surface area contributed by atoms with E-state index in [2.05, 4.69) is 22.8 Å². The first-order valence-corrected chi connectivity index (χ1v) is 8.85. The van der Waals surface area contributed by atoms with Crippen LogP contribution in [0.2, 0.25) is 0 Å². The van der Waals surface area contributed by atoms with Crippen molar-refractivity contribution in [2.75, 3.05) is 26.8 Å². The van der Waals surface area contributed by atoms with Crippen LogP contribution in [0.25, 0.3) is 0 Å². The molecule has 1 saturated heterocycles. The third-order valence-electron chi connectivity index (χ3n) is 5.30. The van der Waals surface area contributed by atoms with Gasteiger partial charge in [-0.25, -0.2) is 0 Å². The van der Waals surface area contributed by atoms with Gasteiger partial charge in [0, 0.05) is 19.2 Å². The monoisotopic (exact) mass is 316 g/mol. The Morgan fingerprint density at radius 2 is 2.00 bits per heavy atom. The van der Waals surface area contributed by atoms with E-state index in [1.54, 1.807) is 7.11 Å². The van der Waals surface area contributed by atoms with Crippen molar-refractivity contribution in [1.29, 1.82) is 0 Å². The highest BCUT2D eigenvalue weighted by molar-refractivity contribution is 5.94. The number of carbonyl (C=O) groups excluding carboxylic acids is 1. The number of amides is 1. The molecular weight excluding hydrogens is 288 g/mol. The first kappa shape index (κ1) is 16.5. The number of hydrogen-bond donors (Lipinski definition) is 2. The summed E-state index contributed by atoms with van der Waals surface area (Å²) in [6.07, 6.45) is 6.81. The minimum absolute atomic E-state index is 0.0252. The van der Waals surface area contributed by atoms with E-state index in [-0.39, 0.29) is 11.4 Å². The zero-order chi connectivity index (χ0) is 16.1. The number of rotatable bonds is 5. The smallest absolute Gasteiger partial charge is 0.251 e. The zero-order valence-electron chi connectivity index (χ0n) is 14.1. The lowest BCUT2D eigenvalue weighted by atomic mass is 9.91. The molecule has 1 aromatic carbocycles. The number of nitrogens with one attached hydrogen (secondary N) is 2. The molecule has 0 radical (unpaired) electrons. The van der Waals surface area contributed by atoms with Crippen molar-refractivity contribution in [3.8, 4) is 0 Å². The van der Waals surface area contributed by atoms with E-state index in [9.17, 15) is 4.79 Å². The van der Waals surface area contributed by atoms with Gasteiger partial charge in [-0.15, -0.1) is 0 Å². The van der Waals surface area contributed by atoms with Crippen LogP contribution < -0.4 is 10.6 Å². The van der Waals surface area contributed by atoms with Crippen LogP contribution in [0, 0.1) is 0 Å². The minimum atomic E-state index is -0.169. The SMILES string of the molecule is COCC1(NC(=O)c2ccc([C@H]3CCCNC3)cc2)CCCC1. The van der Waals surface area contributed by atoms with Gasteiger partial charge in [0.15, 0.2) is 0 Å². The predicted molar refractivity (Wildman–Crippen MR) is 91.8 cm³/mol. The molecule has 4 nitrogen and oxygen atoms in total. The summed E-state index contributed by atoms with van der Waals surface area (Å²) in [6, 6.07) is 8.16. The van der Waals surface area contributed by atoms with Crippen LogP contribution in [-0.4, -0.2) is 38.3 Å². The second kappa shape index (κ2) is 7.45. The Morgan fingerprint density at radius 1 is 1.26 bits per heavy atom. The maximum absolute atomic E-state index is 12.6. The van der Waals surface area contributed by atoms with Crippen molar-refractivity contribution in [3.63, 3.8) is 0 Å². The van der Waals surface area contributed by atoms with Crippen molar-refractivity contribution in [2.24, 2.45) is 0 Å². The summed E-state index contributed by atoms with van der Waals surface area (Å²) in [4.78, 5) is 12.6. The molecule has 1 aromatic rings. The lowest BCUT2D eigenvalue weighted by molar-refractivity contribution is 0.0767. The molecule has 1 atom stereocenters. The predicted octanol–water partition coefficient (Wildman–Crippen LogP) is 2.84. The molecule has 0 aromatic heterocycles. The molecule has 2 N–H and O–H groups in total. The Bertz CT molecular complexity index is 515. The van der Waals surface area contributed by atoms with Crippen LogP contribution in [0.15, 0.2) is 24.3 Å². The van der Waals surface area contributed by atoms with Crippen molar-refractivity contribution in [2.45, 2.75) is 50.0 Å². The molecule has 23 heavy (non-hydrogen) atoms. The normalized spacial score (nSPS) is 23.6. The van der Waals surface area contributed by atoms with Gasteiger partial charge in [0.2, 0.25) is 0 Å². The second-order valence-corrected chi connectivity index (χ2v) is 7.04. The van der Waals surface area contributed by atoms with E-state index >= 15 is 0 Å². The highest BCUT2D eigenvalue weighted by atomic mass is 16.5. The Kier molecular flexibility index (Phi) is 5.34. The Morgan fingerprint density at radius 3 is 2.61 bits per heavy atom. The minimum Gasteiger partial charge on any atom is -0.382 e. The highest BCUT2D eigenvalue weighted by Crippen LogP contribution is 2.30. The summed E-state index contributed by atoms with van der Waals surface area (Å²) in [5, 5.41) is 6.68. The first-order chi connectivity index (χ1) is 11.2. The number of hydrogen-bond acceptors (Lipinski definition) is 3. The number of benzene rings is 1. The zero-order valence-corrected chi connectivity index (χ0v) is 14.1. The van der Waals surface area contributed by atoms with Gasteiger partial charge in [-0.2, -0.15) is 0 Å². The van der Waals surface area contributed by atoms with Crippen LogP contribution >= 0.6 is 0 Å². The fraction of sp³-hybridized carbons (Fsp3) is 0.632. The molecule has 4 heteroatoms. The average molecular weight is 316 g/mol. The summed E-state index contributed by atoms with van der Waals surface area (Å²) >= 11 is 0. The molecule has 0 unspecified atom stereocenters. The summed E-state index contributed by atoms with van der Waals surface area (Å²) in [5.74, 6) is 0.604. The van der Waals surface area contributed by atoms with Crippen molar-refractivity contribution in [1.82, 2.24) is 10.6 Å². The van der Waals surface area contributed by atoms with E-state index in [1.807, 2.05) is 12.1 Å². The maximum atomic E-state index is 12.6. The van der Waals surface area contributed by atoms with Gasteiger partial charge in [0.1, 0.15) is 0 Å². The van der Waals surface area contributed by atoms with Crippen LogP contribution in [0.5, 0.6) is 0 Å². The van der Waals surface area contributed by atoms with Crippen molar-refractivity contribution in [3.05, 3.63) is 35.4 Å². The van der Waals surface area contributed by atoms with Gasteiger partial charge >= 0.3 is 0 Å². The topological polar surface area (TPSA) is 50.4 Å². The number of carbonyl (C=O) groups is 1. The molecule has 1 saturated carbocycles. The summed E-state index contributed by atoms with van der Waals surface area (Å²) in [7, 11) is 1.71. The van der Waals surface area contributed by atoms with Gasteiger partial charge < -0.3 is 15.4 Å².